The zero-order valence-electron chi connectivity index (χ0n) is 78.9. The van der Waals surface area contributed by atoms with Crippen LogP contribution in [-0.2, 0) is 0 Å². The van der Waals surface area contributed by atoms with Crippen LogP contribution in [-0.4, -0.2) is 43.6 Å². The Morgan fingerprint density at radius 3 is 0.641 bits per heavy atom. The fourth-order valence-electron chi connectivity index (χ4n) is 20.7. The fraction of sp³-hybridized carbons (Fsp3) is 0. The maximum atomic E-state index is 5.38. The van der Waals surface area contributed by atoms with Crippen molar-refractivity contribution in [2.24, 2.45) is 0 Å². The van der Waals surface area contributed by atoms with E-state index in [1.165, 1.54) is 99.8 Å². The van der Waals surface area contributed by atoms with Gasteiger partial charge in [0.2, 0.25) is 0 Å². The molecule has 0 bridgehead atoms. The number of benzene rings is 22. The first kappa shape index (κ1) is 85.9. The van der Waals surface area contributed by atoms with Gasteiger partial charge in [0.15, 0.2) is 16.9 Å². The van der Waals surface area contributed by atoms with E-state index >= 15 is 0 Å². The summed E-state index contributed by atoms with van der Waals surface area (Å²) >= 11 is 0. The van der Waals surface area contributed by atoms with Crippen LogP contribution in [0, 0.1) is 0 Å². The molecule has 0 unspecified atom stereocenters. The summed E-state index contributed by atoms with van der Waals surface area (Å²) in [5.74, 6) is 0. The van der Waals surface area contributed by atoms with Crippen molar-refractivity contribution in [3.8, 4) is 151 Å². The van der Waals surface area contributed by atoms with Crippen molar-refractivity contribution in [3.05, 3.63) is 540 Å². The molecule has 0 aliphatic heterocycles. The quantitative estimate of drug-likeness (QED) is 0.102. The molecule has 0 amide bonds. The first-order chi connectivity index (χ1) is 71.8. The summed E-state index contributed by atoms with van der Waals surface area (Å²) in [6.45, 7) is 0. The number of fused-ring (bicyclic) bond motifs is 13. The molecular formula is C136H89N9. The van der Waals surface area contributed by atoms with Crippen LogP contribution in [0.4, 0.5) is 0 Å². The molecule has 6 heterocycles. The van der Waals surface area contributed by atoms with Crippen molar-refractivity contribution in [2.45, 2.75) is 0 Å². The zero-order valence-corrected chi connectivity index (χ0v) is 78.9. The van der Waals surface area contributed by atoms with Gasteiger partial charge in [0, 0.05) is 33.2 Å². The average Bonchev–Trinajstić information content (AvgIpc) is 1.59. The molecule has 0 radical (unpaired) electrons. The van der Waals surface area contributed by atoms with Gasteiger partial charge < -0.3 is 0 Å². The van der Waals surface area contributed by atoms with E-state index in [-0.39, 0.29) is 0 Å². The molecule has 9 heteroatoms. The Morgan fingerprint density at radius 2 is 0.338 bits per heavy atom. The Morgan fingerprint density at radius 1 is 0.117 bits per heavy atom. The van der Waals surface area contributed by atoms with Gasteiger partial charge in [-0.2, -0.15) is 0 Å². The highest BCUT2D eigenvalue weighted by molar-refractivity contribution is 6.12. The van der Waals surface area contributed by atoms with E-state index < -0.39 is 0 Å². The topological polar surface area (TPSA) is 92.1 Å². The molecule has 9 nitrogen and oxygen atoms in total. The van der Waals surface area contributed by atoms with E-state index in [4.69, 9.17) is 29.9 Å². The lowest BCUT2D eigenvalue weighted by Crippen LogP contribution is -1.98. The number of para-hydroxylation sites is 3. The minimum atomic E-state index is 0.841. The molecule has 0 spiro atoms. The van der Waals surface area contributed by atoms with E-state index in [0.29, 0.717) is 0 Å². The summed E-state index contributed by atoms with van der Waals surface area (Å²) in [4.78, 5) is 31.8. The number of nitrogens with zero attached hydrogens (tertiary/aromatic N) is 9. The summed E-state index contributed by atoms with van der Waals surface area (Å²) in [6.07, 6.45) is 0. The van der Waals surface area contributed by atoms with Crippen LogP contribution < -0.4 is 0 Å². The smallest absolute Gasteiger partial charge is 0.165 e. The molecule has 0 N–H and O–H groups in total. The van der Waals surface area contributed by atoms with Gasteiger partial charge in [-0.05, 0) is 296 Å². The molecule has 678 valence electrons. The maximum Gasteiger partial charge on any atom is 0.165 e. The lowest BCUT2D eigenvalue weighted by atomic mass is 9.93. The number of hydrogen-bond donors (Lipinski definition) is 0. The fourth-order valence-corrected chi connectivity index (χ4v) is 20.7. The molecule has 22 aromatic carbocycles. The summed E-state index contributed by atoms with van der Waals surface area (Å²) in [7, 11) is 0. The summed E-state index contributed by atoms with van der Waals surface area (Å²) in [5.41, 5.74) is 45.0. The van der Waals surface area contributed by atoms with Crippen molar-refractivity contribution in [1.29, 1.82) is 0 Å². The third-order valence-corrected chi connectivity index (χ3v) is 27.8. The van der Waals surface area contributed by atoms with Crippen LogP contribution >= 0.6 is 0 Å². The second kappa shape index (κ2) is 37.4. The second-order valence-electron chi connectivity index (χ2n) is 36.9. The standard InChI is InChI=1S/C50H33N3.C44H29N3.C42H27N3/c1-5-15-34(16-6-1)39-27-40(35-17-7-2-8-18-35)29-41(28-39)38-25-26-46-47(33-38)51-49-45-23-13-14-24-48(45)53(50(49)52-46)44-31-42(36-19-9-3-10-20-36)30-43(32-44)37-21-11-4-12-22-37;1-4-13-30(14-5-1)33-19-12-20-38(28-33)47-42-22-11-10-21-39(42)43-44(47)46-40-24-23-34(29-41(40)45-43)37-26-35(31-15-6-2-7-16-31)25-36(27-37)32-17-8-3-9-18-32;1-3-11-28(12-4-1)33-23-34(29-13-5-2-6-14-29)25-35(24-33)32-20-22-38-39(27-32)43-41-37-17-9-10-18-40(37)45(42(41)44-38)36-21-19-30-15-7-8-16-31(30)26-36/h1-33H;1-29H;1-27H. The summed E-state index contributed by atoms with van der Waals surface area (Å²) in [5, 5.41) is 5.68. The van der Waals surface area contributed by atoms with Gasteiger partial charge in [0.1, 0.15) is 16.6 Å². The maximum absolute atomic E-state index is 5.38. The van der Waals surface area contributed by atoms with Crippen LogP contribution in [0.1, 0.15) is 0 Å². The lowest BCUT2D eigenvalue weighted by Gasteiger charge is -2.14. The highest BCUT2D eigenvalue weighted by atomic mass is 15.1. The Hall–Kier alpha value is -19.5. The van der Waals surface area contributed by atoms with Gasteiger partial charge in [0.05, 0.1) is 49.7 Å². The second-order valence-corrected chi connectivity index (χ2v) is 36.9. The molecule has 28 rings (SSSR count). The molecule has 0 aliphatic carbocycles. The molecule has 6 aromatic heterocycles. The van der Waals surface area contributed by atoms with Crippen LogP contribution in [0.2, 0.25) is 0 Å². The van der Waals surface area contributed by atoms with Gasteiger partial charge in [0.25, 0.3) is 0 Å². The van der Waals surface area contributed by atoms with Gasteiger partial charge in [-0.1, -0.05) is 388 Å². The van der Waals surface area contributed by atoms with Crippen molar-refractivity contribution >= 4 is 110 Å². The highest BCUT2D eigenvalue weighted by Crippen LogP contribution is 2.44. The minimum Gasteiger partial charge on any atom is -0.293 e. The summed E-state index contributed by atoms with van der Waals surface area (Å²) < 4.78 is 6.76. The molecule has 0 saturated heterocycles. The highest BCUT2D eigenvalue weighted by Gasteiger charge is 2.24. The van der Waals surface area contributed by atoms with Gasteiger partial charge in [-0.15, -0.1) is 0 Å². The number of rotatable bonds is 15. The number of aromatic nitrogens is 9. The van der Waals surface area contributed by atoms with Crippen LogP contribution in [0.15, 0.2) is 540 Å². The Bertz CT molecular complexity index is 9550. The average molecular weight is 1850 g/mol. The molecular weight excluding hydrogens is 1760 g/mol. The summed E-state index contributed by atoms with van der Waals surface area (Å²) in [6, 6.07) is 191. The van der Waals surface area contributed by atoms with Crippen molar-refractivity contribution in [3.63, 3.8) is 0 Å². The van der Waals surface area contributed by atoms with Crippen LogP contribution in [0.25, 0.3) is 261 Å². The predicted octanol–water partition coefficient (Wildman–Crippen LogP) is 35.3. The van der Waals surface area contributed by atoms with Crippen molar-refractivity contribution in [1.82, 2.24) is 43.6 Å². The predicted molar refractivity (Wildman–Crippen MR) is 604 cm³/mol. The van der Waals surface area contributed by atoms with Crippen molar-refractivity contribution in [2.75, 3.05) is 0 Å². The van der Waals surface area contributed by atoms with E-state index in [2.05, 4.69) is 554 Å². The molecule has 145 heavy (non-hydrogen) atoms. The molecule has 0 fully saturated rings. The monoisotopic (exact) mass is 1850 g/mol. The van der Waals surface area contributed by atoms with E-state index in [9.17, 15) is 0 Å². The van der Waals surface area contributed by atoms with Crippen molar-refractivity contribution < 1.29 is 0 Å². The van der Waals surface area contributed by atoms with E-state index in [0.717, 1.165) is 161 Å². The van der Waals surface area contributed by atoms with E-state index in [1.54, 1.807) is 0 Å². The first-order valence-corrected chi connectivity index (χ1v) is 49.2. The largest absolute Gasteiger partial charge is 0.293 e. The number of hydrogen-bond acceptors (Lipinski definition) is 6. The molecule has 0 atom stereocenters. The first-order valence-electron chi connectivity index (χ1n) is 49.2. The molecule has 0 saturated carbocycles. The normalized spacial score (nSPS) is 11.4. The Balaban J connectivity index is 0.000000111. The lowest BCUT2D eigenvalue weighted by molar-refractivity contribution is 1.14. The molecule has 28 aromatic rings. The Labute approximate surface area is 838 Å². The van der Waals surface area contributed by atoms with E-state index in [1.807, 2.05) is 0 Å². The van der Waals surface area contributed by atoms with Crippen LogP contribution in [0.5, 0.6) is 0 Å². The third-order valence-electron chi connectivity index (χ3n) is 27.8. The zero-order chi connectivity index (χ0) is 96.0. The van der Waals surface area contributed by atoms with Crippen LogP contribution in [0.3, 0.4) is 0 Å². The van der Waals surface area contributed by atoms with Gasteiger partial charge >= 0.3 is 0 Å². The minimum absolute atomic E-state index is 0.841. The van der Waals surface area contributed by atoms with Gasteiger partial charge in [-0.25, -0.2) is 29.9 Å². The third kappa shape index (κ3) is 16.7. The molecule has 0 aliphatic rings. The Kier molecular flexibility index (Phi) is 22.1. The van der Waals surface area contributed by atoms with Gasteiger partial charge in [-0.3, -0.25) is 13.7 Å². The SMILES string of the molecule is c1ccc(-c2cc(-c3ccccc3)cc(-c3ccc4nc5c(nc4c3)c3ccccc3n5-c3cc(-c4ccccc4)cc(-c4ccccc4)c3)c2)cc1.c1ccc(-c2cc(-c3ccccc3)cc(-c3ccc4nc5c(nc4c3)c3ccccc3n5-c3ccc4ccccc4c3)c2)cc1.c1ccc(-c2cc(-c3ccccc3)cc(-c3ccc4nc5c(nc4c3)c3ccccc3n5-c3cccc(-c4ccccc4)c3)c2)cc1.